The fourth-order valence-corrected chi connectivity index (χ4v) is 2.10. The van der Waals surface area contributed by atoms with Gasteiger partial charge in [0.15, 0.2) is 0 Å². The molecule has 1 rings (SSSR count). The minimum Gasteiger partial charge on any atom is -0.338 e. The minimum absolute atomic E-state index is 0.0857. The first-order valence-corrected chi connectivity index (χ1v) is 7.59. The highest BCUT2D eigenvalue weighted by Gasteiger charge is 2.18. The van der Waals surface area contributed by atoms with Crippen LogP contribution in [-0.2, 0) is 6.54 Å². The van der Waals surface area contributed by atoms with Crippen LogP contribution in [0.4, 0.5) is 4.79 Å². The molecule has 20 heavy (non-hydrogen) atoms. The molecule has 0 radical (unpaired) electrons. The van der Waals surface area contributed by atoms with Gasteiger partial charge in [-0.2, -0.15) is 0 Å². The highest BCUT2D eigenvalue weighted by Crippen LogP contribution is 2.22. The summed E-state index contributed by atoms with van der Waals surface area (Å²) in [5, 5.41) is 5.86. The number of nitrogens with one attached hydrogen (secondary N) is 2. The van der Waals surface area contributed by atoms with Crippen molar-refractivity contribution in [2.24, 2.45) is 5.41 Å². The maximum Gasteiger partial charge on any atom is 0.315 e. The lowest BCUT2D eigenvalue weighted by Gasteiger charge is -2.25. The SMILES string of the molecule is CCCCCC(C)(C)CNC(=O)NCc1ccccc1. The Kier molecular flexibility index (Phi) is 7.13. The second kappa shape index (κ2) is 8.62. The van der Waals surface area contributed by atoms with Crippen LogP contribution in [-0.4, -0.2) is 12.6 Å². The molecular weight excluding hydrogens is 248 g/mol. The number of hydrogen-bond donors (Lipinski definition) is 2. The first-order chi connectivity index (χ1) is 9.53. The number of carbonyl (C=O) groups excluding carboxylic acids is 1. The fraction of sp³-hybridized carbons (Fsp3) is 0.588. The molecule has 0 saturated carbocycles. The molecule has 0 spiro atoms. The van der Waals surface area contributed by atoms with E-state index in [4.69, 9.17) is 0 Å². The normalized spacial score (nSPS) is 11.2. The molecule has 0 aromatic heterocycles. The molecule has 0 saturated heterocycles. The minimum atomic E-state index is -0.0857. The Bertz CT molecular complexity index is 387. The van der Waals surface area contributed by atoms with E-state index in [2.05, 4.69) is 31.4 Å². The van der Waals surface area contributed by atoms with Crippen LogP contribution >= 0.6 is 0 Å². The van der Waals surface area contributed by atoms with Gasteiger partial charge in [0.05, 0.1) is 0 Å². The second-order valence-electron chi connectivity index (χ2n) is 6.14. The fourth-order valence-electron chi connectivity index (χ4n) is 2.10. The van der Waals surface area contributed by atoms with Gasteiger partial charge in [-0.25, -0.2) is 4.79 Å². The molecule has 112 valence electrons. The number of hydrogen-bond acceptors (Lipinski definition) is 1. The van der Waals surface area contributed by atoms with Crippen LogP contribution in [0, 0.1) is 5.41 Å². The highest BCUT2D eigenvalue weighted by atomic mass is 16.2. The van der Waals surface area contributed by atoms with Crippen molar-refractivity contribution in [2.75, 3.05) is 6.54 Å². The third kappa shape index (κ3) is 7.17. The number of urea groups is 1. The van der Waals surface area contributed by atoms with Gasteiger partial charge in [0, 0.05) is 13.1 Å². The van der Waals surface area contributed by atoms with E-state index < -0.39 is 0 Å². The average Bonchev–Trinajstić information content (AvgIpc) is 2.44. The molecule has 0 heterocycles. The van der Waals surface area contributed by atoms with Gasteiger partial charge in [-0.3, -0.25) is 0 Å². The zero-order valence-electron chi connectivity index (χ0n) is 13.0. The molecule has 1 aromatic carbocycles. The monoisotopic (exact) mass is 276 g/mol. The predicted octanol–water partition coefficient (Wildman–Crippen LogP) is 4.09. The van der Waals surface area contributed by atoms with Crippen LogP contribution in [0.15, 0.2) is 30.3 Å². The lowest BCUT2D eigenvalue weighted by atomic mass is 9.87. The van der Waals surface area contributed by atoms with E-state index in [0.717, 1.165) is 18.5 Å². The van der Waals surface area contributed by atoms with Gasteiger partial charge in [0.2, 0.25) is 0 Å². The lowest BCUT2D eigenvalue weighted by molar-refractivity contribution is 0.230. The zero-order valence-corrected chi connectivity index (χ0v) is 13.0. The molecule has 3 nitrogen and oxygen atoms in total. The Morgan fingerprint density at radius 1 is 1.10 bits per heavy atom. The van der Waals surface area contributed by atoms with E-state index in [9.17, 15) is 4.79 Å². The predicted molar refractivity (Wildman–Crippen MR) is 84.6 cm³/mol. The quantitative estimate of drug-likeness (QED) is 0.690. The molecule has 0 aliphatic heterocycles. The van der Waals surface area contributed by atoms with Crippen molar-refractivity contribution in [1.82, 2.24) is 10.6 Å². The summed E-state index contributed by atoms with van der Waals surface area (Å²) in [7, 11) is 0. The van der Waals surface area contributed by atoms with E-state index in [1.807, 2.05) is 30.3 Å². The van der Waals surface area contributed by atoms with E-state index >= 15 is 0 Å². The number of rotatable bonds is 8. The van der Waals surface area contributed by atoms with Crippen LogP contribution < -0.4 is 10.6 Å². The Morgan fingerprint density at radius 2 is 1.80 bits per heavy atom. The van der Waals surface area contributed by atoms with Gasteiger partial charge in [0.25, 0.3) is 0 Å². The summed E-state index contributed by atoms with van der Waals surface area (Å²) in [4.78, 5) is 11.8. The van der Waals surface area contributed by atoms with E-state index in [-0.39, 0.29) is 11.4 Å². The van der Waals surface area contributed by atoms with E-state index in [1.165, 1.54) is 19.3 Å². The first-order valence-electron chi connectivity index (χ1n) is 7.59. The largest absolute Gasteiger partial charge is 0.338 e. The van der Waals surface area contributed by atoms with Crippen molar-refractivity contribution in [3.05, 3.63) is 35.9 Å². The summed E-state index contributed by atoms with van der Waals surface area (Å²) >= 11 is 0. The van der Waals surface area contributed by atoms with Gasteiger partial charge in [-0.05, 0) is 17.4 Å². The van der Waals surface area contributed by atoms with Gasteiger partial charge in [0.1, 0.15) is 0 Å². The molecule has 3 heteroatoms. The van der Waals surface area contributed by atoms with Crippen LogP contribution in [0.25, 0.3) is 0 Å². The van der Waals surface area contributed by atoms with Crippen molar-refractivity contribution in [2.45, 2.75) is 53.0 Å². The van der Waals surface area contributed by atoms with Gasteiger partial charge in [-0.1, -0.05) is 70.4 Å². The third-order valence-corrected chi connectivity index (χ3v) is 3.48. The molecule has 1 aromatic rings. The van der Waals surface area contributed by atoms with Crippen LogP contribution in [0.5, 0.6) is 0 Å². The number of unbranched alkanes of at least 4 members (excludes halogenated alkanes) is 2. The van der Waals surface area contributed by atoms with Crippen LogP contribution in [0.3, 0.4) is 0 Å². The van der Waals surface area contributed by atoms with E-state index in [1.54, 1.807) is 0 Å². The summed E-state index contributed by atoms with van der Waals surface area (Å²) in [5.41, 5.74) is 1.28. The Balaban J connectivity index is 2.22. The lowest BCUT2D eigenvalue weighted by Crippen LogP contribution is -2.40. The van der Waals surface area contributed by atoms with Crippen LogP contribution in [0.2, 0.25) is 0 Å². The molecular formula is C17H28N2O. The summed E-state index contributed by atoms with van der Waals surface area (Å²) < 4.78 is 0. The average molecular weight is 276 g/mol. The highest BCUT2D eigenvalue weighted by molar-refractivity contribution is 5.73. The maximum atomic E-state index is 11.8. The molecule has 2 N–H and O–H groups in total. The molecule has 0 aliphatic rings. The number of benzene rings is 1. The smallest absolute Gasteiger partial charge is 0.315 e. The van der Waals surface area contributed by atoms with Crippen LogP contribution in [0.1, 0.15) is 52.0 Å². The van der Waals surface area contributed by atoms with Crippen molar-refractivity contribution in [1.29, 1.82) is 0 Å². The molecule has 0 aliphatic carbocycles. The zero-order chi connectivity index (χ0) is 14.8. The maximum absolute atomic E-state index is 11.8. The van der Waals surface area contributed by atoms with Crippen molar-refractivity contribution < 1.29 is 4.79 Å². The summed E-state index contributed by atoms with van der Waals surface area (Å²) in [6.07, 6.45) is 4.89. The summed E-state index contributed by atoms with van der Waals surface area (Å²) in [6.45, 7) is 7.92. The summed E-state index contributed by atoms with van der Waals surface area (Å²) in [6, 6.07) is 9.86. The van der Waals surface area contributed by atoms with Gasteiger partial charge < -0.3 is 10.6 Å². The first kappa shape index (κ1) is 16.5. The molecule has 0 unspecified atom stereocenters. The van der Waals surface area contributed by atoms with Crippen molar-refractivity contribution >= 4 is 6.03 Å². The van der Waals surface area contributed by atoms with Gasteiger partial charge >= 0.3 is 6.03 Å². The molecule has 0 atom stereocenters. The van der Waals surface area contributed by atoms with Gasteiger partial charge in [-0.15, -0.1) is 0 Å². The summed E-state index contributed by atoms with van der Waals surface area (Å²) in [5.74, 6) is 0. The van der Waals surface area contributed by atoms with Crippen molar-refractivity contribution in [3.8, 4) is 0 Å². The topological polar surface area (TPSA) is 41.1 Å². The number of carbonyl (C=O) groups is 1. The molecule has 0 bridgehead atoms. The molecule has 0 fully saturated rings. The Morgan fingerprint density at radius 3 is 2.45 bits per heavy atom. The Labute approximate surface area is 123 Å². The molecule has 2 amide bonds. The standard InChI is InChI=1S/C17H28N2O/c1-4-5-9-12-17(2,3)14-19-16(20)18-13-15-10-7-6-8-11-15/h6-8,10-11H,4-5,9,12-14H2,1-3H3,(H2,18,19,20). The Hall–Kier alpha value is -1.51. The second-order valence-corrected chi connectivity index (χ2v) is 6.14. The van der Waals surface area contributed by atoms with Crippen molar-refractivity contribution in [3.63, 3.8) is 0 Å². The number of amides is 2. The third-order valence-electron chi connectivity index (χ3n) is 3.48. The van der Waals surface area contributed by atoms with E-state index in [0.29, 0.717) is 6.54 Å².